The predicted octanol–water partition coefficient (Wildman–Crippen LogP) is 0.144. The maximum atomic E-state index is 10.5. The molecule has 0 radical (unpaired) electrons. The van der Waals surface area contributed by atoms with E-state index in [1.165, 1.54) is 0 Å². The molecule has 2 unspecified atom stereocenters. The Morgan fingerprint density at radius 2 is 2.38 bits per heavy atom. The van der Waals surface area contributed by atoms with Crippen LogP contribution in [0.4, 0.5) is 0 Å². The van der Waals surface area contributed by atoms with E-state index >= 15 is 0 Å². The van der Waals surface area contributed by atoms with E-state index in [9.17, 15) is 4.79 Å². The van der Waals surface area contributed by atoms with E-state index in [1.807, 2.05) is 0 Å². The summed E-state index contributed by atoms with van der Waals surface area (Å²) in [6.07, 6.45) is 3.95. The van der Waals surface area contributed by atoms with Gasteiger partial charge in [-0.05, 0) is 19.3 Å². The molecule has 0 spiro atoms. The highest BCUT2D eigenvalue weighted by molar-refractivity contribution is 5.75. The molecule has 0 aromatic carbocycles. The molecule has 1 aliphatic rings. The Hall–Kier alpha value is -1.08. The van der Waals surface area contributed by atoms with E-state index in [-0.39, 0.29) is 18.4 Å². The first-order valence-corrected chi connectivity index (χ1v) is 4.63. The molecule has 4 nitrogen and oxygen atoms in total. The fraction of sp³-hybridized carbons (Fsp3) is 0.778. The summed E-state index contributed by atoms with van der Waals surface area (Å²) in [5.74, 6) is -0.182. The van der Waals surface area contributed by atoms with Crippen molar-refractivity contribution in [2.45, 2.75) is 31.7 Å². The lowest BCUT2D eigenvalue weighted by atomic mass is 9.87. The average Bonchev–Trinajstić information content (AvgIpc) is 2.15. The zero-order valence-electron chi connectivity index (χ0n) is 7.62. The standard InChI is InChI=1S/C9H15N3O/c10-5-7-2-1-3-8(4-7)12-6-9(11)13/h7-8,12H,1-4,6H2,(H2,11,13). The van der Waals surface area contributed by atoms with Crippen LogP contribution < -0.4 is 11.1 Å². The molecule has 0 aromatic rings. The summed E-state index contributed by atoms with van der Waals surface area (Å²) in [5, 5.41) is 11.8. The van der Waals surface area contributed by atoms with Crippen LogP contribution in [0.25, 0.3) is 0 Å². The van der Waals surface area contributed by atoms with Gasteiger partial charge in [-0.15, -0.1) is 0 Å². The number of nitriles is 1. The normalized spacial score (nSPS) is 27.9. The molecule has 0 aromatic heterocycles. The molecule has 72 valence electrons. The van der Waals surface area contributed by atoms with E-state index in [0.29, 0.717) is 6.04 Å². The fourth-order valence-corrected chi connectivity index (χ4v) is 1.74. The Bertz CT molecular complexity index is 221. The van der Waals surface area contributed by atoms with Crippen molar-refractivity contribution in [1.29, 1.82) is 5.26 Å². The van der Waals surface area contributed by atoms with Gasteiger partial charge in [-0.3, -0.25) is 4.79 Å². The van der Waals surface area contributed by atoms with Crippen molar-refractivity contribution in [1.82, 2.24) is 5.32 Å². The van der Waals surface area contributed by atoms with E-state index in [2.05, 4.69) is 11.4 Å². The molecule has 0 aliphatic heterocycles. The molecular weight excluding hydrogens is 166 g/mol. The quantitative estimate of drug-likeness (QED) is 0.650. The Morgan fingerprint density at radius 1 is 1.62 bits per heavy atom. The van der Waals surface area contributed by atoms with Gasteiger partial charge in [0, 0.05) is 12.0 Å². The first-order valence-electron chi connectivity index (χ1n) is 4.63. The molecule has 1 fully saturated rings. The first kappa shape index (κ1) is 10.0. The number of nitrogens with one attached hydrogen (secondary N) is 1. The number of nitrogens with two attached hydrogens (primary N) is 1. The molecular formula is C9H15N3O. The molecule has 13 heavy (non-hydrogen) atoms. The van der Waals surface area contributed by atoms with Crippen molar-refractivity contribution in [3.63, 3.8) is 0 Å². The van der Waals surface area contributed by atoms with Gasteiger partial charge in [-0.25, -0.2) is 0 Å². The molecule has 3 N–H and O–H groups in total. The zero-order chi connectivity index (χ0) is 9.68. The maximum absolute atomic E-state index is 10.5. The van der Waals surface area contributed by atoms with Gasteiger partial charge in [0.15, 0.2) is 0 Å². The summed E-state index contributed by atoms with van der Waals surface area (Å²) in [6.45, 7) is 0.225. The van der Waals surface area contributed by atoms with Crippen molar-refractivity contribution in [2.75, 3.05) is 6.54 Å². The highest BCUT2D eigenvalue weighted by Gasteiger charge is 2.21. The molecule has 1 saturated carbocycles. The summed E-state index contributed by atoms with van der Waals surface area (Å²) >= 11 is 0. The van der Waals surface area contributed by atoms with E-state index in [0.717, 1.165) is 25.7 Å². The zero-order valence-corrected chi connectivity index (χ0v) is 7.62. The Balaban J connectivity index is 2.27. The summed E-state index contributed by atoms with van der Waals surface area (Å²) in [6, 6.07) is 2.56. The van der Waals surface area contributed by atoms with Crippen molar-refractivity contribution in [3.8, 4) is 6.07 Å². The summed E-state index contributed by atoms with van der Waals surface area (Å²) < 4.78 is 0. The highest BCUT2D eigenvalue weighted by atomic mass is 16.1. The van der Waals surface area contributed by atoms with Crippen LogP contribution in [0.3, 0.4) is 0 Å². The second-order valence-corrected chi connectivity index (χ2v) is 3.54. The number of rotatable bonds is 3. The van der Waals surface area contributed by atoms with Crippen LogP contribution in [0.2, 0.25) is 0 Å². The fourth-order valence-electron chi connectivity index (χ4n) is 1.74. The van der Waals surface area contributed by atoms with Crippen molar-refractivity contribution in [3.05, 3.63) is 0 Å². The van der Waals surface area contributed by atoms with Crippen LogP contribution in [-0.4, -0.2) is 18.5 Å². The monoisotopic (exact) mass is 181 g/mol. The van der Waals surface area contributed by atoms with Gasteiger partial charge >= 0.3 is 0 Å². The number of primary amides is 1. The second-order valence-electron chi connectivity index (χ2n) is 3.54. The van der Waals surface area contributed by atoms with Gasteiger partial charge < -0.3 is 11.1 Å². The number of amides is 1. The Kier molecular flexibility index (Phi) is 3.71. The van der Waals surface area contributed by atoms with Gasteiger partial charge in [0.2, 0.25) is 5.91 Å². The smallest absolute Gasteiger partial charge is 0.231 e. The molecule has 2 atom stereocenters. The molecule has 4 heteroatoms. The van der Waals surface area contributed by atoms with Gasteiger partial charge in [-0.1, -0.05) is 6.42 Å². The van der Waals surface area contributed by atoms with Crippen LogP contribution in [0, 0.1) is 17.2 Å². The van der Waals surface area contributed by atoms with Gasteiger partial charge in [-0.2, -0.15) is 5.26 Å². The topological polar surface area (TPSA) is 78.9 Å². The SMILES string of the molecule is N#CC1CCCC(NCC(N)=O)C1. The van der Waals surface area contributed by atoms with E-state index in [4.69, 9.17) is 11.0 Å². The third kappa shape index (κ3) is 3.43. The number of nitrogens with zero attached hydrogens (tertiary/aromatic N) is 1. The lowest BCUT2D eigenvalue weighted by Gasteiger charge is -2.25. The lowest BCUT2D eigenvalue weighted by molar-refractivity contribution is -0.117. The number of hydrogen-bond donors (Lipinski definition) is 2. The number of carbonyl (C=O) groups is 1. The molecule has 0 saturated heterocycles. The molecule has 0 bridgehead atoms. The third-order valence-corrected chi connectivity index (χ3v) is 2.42. The minimum absolute atomic E-state index is 0.152. The summed E-state index contributed by atoms with van der Waals surface area (Å²) in [5.41, 5.74) is 5.01. The average molecular weight is 181 g/mol. The van der Waals surface area contributed by atoms with E-state index in [1.54, 1.807) is 0 Å². The van der Waals surface area contributed by atoms with Crippen LogP contribution in [0.15, 0.2) is 0 Å². The Labute approximate surface area is 78.1 Å². The molecule has 1 aliphatic carbocycles. The minimum Gasteiger partial charge on any atom is -0.369 e. The Morgan fingerprint density at radius 3 is 3.00 bits per heavy atom. The number of carbonyl (C=O) groups excluding carboxylic acids is 1. The van der Waals surface area contributed by atoms with Crippen LogP contribution in [0.5, 0.6) is 0 Å². The van der Waals surface area contributed by atoms with Gasteiger partial charge in [0.05, 0.1) is 12.6 Å². The van der Waals surface area contributed by atoms with Crippen molar-refractivity contribution in [2.24, 2.45) is 11.7 Å². The maximum Gasteiger partial charge on any atom is 0.231 e. The molecule has 1 rings (SSSR count). The third-order valence-electron chi connectivity index (χ3n) is 2.42. The van der Waals surface area contributed by atoms with Crippen molar-refractivity contribution < 1.29 is 4.79 Å². The first-order chi connectivity index (χ1) is 6.22. The number of hydrogen-bond acceptors (Lipinski definition) is 3. The largest absolute Gasteiger partial charge is 0.369 e. The van der Waals surface area contributed by atoms with Crippen LogP contribution in [0.1, 0.15) is 25.7 Å². The highest BCUT2D eigenvalue weighted by Crippen LogP contribution is 2.23. The van der Waals surface area contributed by atoms with Crippen molar-refractivity contribution >= 4 is 5.91 Å². The van der Waals surface area contributed by atoms with E-state index < -0.39 is 0 Å². The predicted molar refractivity (Wildman–Crippen MR) is 48.6 cm³/mol. The van der Waals surface area contributed by atoms with Crippen LogP contribution >= 0.6 is 0 Å². The molecule has 0 heterocycles. The lowest BCUT2D eigenvalue weighted by Crippen LogP contribution is -2.39. The summed E-state index contributed by atoms with van der Waals surface area (Å²) in [7, 11) is 0. The minimum atomic E-state index is -0.334. The second kappa shape index (κ2) is 4.83. The van der Waals surface area contributed by atoms with Crippen LogP contribution in [-0.2, 0) is 4.79 Å². The summed E-state index contributed by atoms with van der Waals surface area (Å²) in [4.78, 5) is 10.5. The molecule has 1 amide bonds. The van der Waals surface area contributed by atoms with Gasteiger partial charge in [0.25, 0.3) is 0 Å². The van der Waals surface area contributed by atoms with Gasteiger partial charge in [0.1, 0.15) is 0 Å².